The number of rotatable bonds is 5. The van der Waals surface area contributed by atoms with Crippen LogP contribution in [0.3, 0.4) is 0 Å². The molecule has 1 N–H and O–H groups in total. The molecular formula is C18H21N7S. The third-order valence-electron chi connectivity index (χ3n) is 4.28. The van der Waals surface area contributed by atoms with Crippen LogP contribution in [-0.2, 0) is 13.6 Å². The SMILES string of the molecule is CC(C)c1nc(N(C)Cc2cc(-c3cccs3)n[nH]2)c2cnn(C)c2n1. The minimum atomic E-state index is 0.249. The van der Waals surface area contributed by atoms with E-state index in [0.29, 0.717) is 6.54 Å². The maximum Gasteiger partial charge on any atom is 0.163 e. The minimum Gasteiger partial charge on any atom is -0.353 e. The van der Waals surface area contributed by atoms with Gasteiger partial charge < -0.3 is 4.90 Å². The first-order chi connectivity index (χ1) is 12.5. The second-order valence-electron chi connectivity index (χ2n) is 6.68. The Morgan fingerprint density at radius 1 is 1.31 bits per heavy atom. The summed E-state index contributed by atoms with van der Waals surface area (Å²) in [4.78, 5) is 12.7. The quantitative estimate of drug-likeness (QED) is 0.583. The molecule has 0 radical (unpaired) electrons. The standard InChI is InChI=1S/C18H21N7S/c1-11(2)16-20-17(13-9-19-25(4)18(13)21-16)24(3)10-12-8-14(23-22-12)15-6-5-7-26-15/h5-9,11H,10H2,1-4H3,(H,22,23). The molecule has 0 aromatic carbocycles. The van der Waals surface area contributed by atoms with Crippen LogP contribution in [-0.4, -0.2) is 37.0 Å². The van der Waals surface area contributed by atoms with Crippen LogP contribution in [0.15, 0.2) is 29.8 Å². The fourth-order valence-electron chi connectivity index (χ4n) is 2.90. The number of aromatic amines is 1. The van der Waals surface area contributed by atoms with Gasteiger partial charge in [-0.3, -0.25) is 9.78 Å². The summed E-state index contributed by atoms with van der Waals surface area (Å²) in [5, 5.41) is 14.9. The molecule has 26 heavy (non-hydrogen) atoms. The summed E-state index contributed by atoms with van der Waals surface area (Å²) >= 11 is 1.69. The van der Waals surface area contributed by atoms with Gasteiger partial charge in [0.15, 0.2) is 5.65 Å². The largest absolute Gasteiger partial charge is 0.353 e. The molecule has 4 aromatic heterocycles. The van der Waals surface area contributed by atoms with Gasteiger partial charge in [-0.1, -0.05) is 19.9 Å². The van der Waals surface area contributed by atoms with Crippen LogP contribution in [0.4, 0.5) is 5.82 Å². The second-order valence-corrected chi connectivity index (χ2v) is 7.63. The van der Waals surface area contributed by atoms with Crippen LogP contribution in [0.2, 0.25) is 0 Å². The molecule has 8 heteroatoms. The number of H-pyrrole nitrogens is 1. The van der Waals surface area contributed by atoms with E-state index in [4.69, 9.17) is 4.98 Å². The molecule has 0 amide bonds. The van der Waals surface area contributed by atoms with Crippen molar-refractivity contribution in [3.05, 3.63) is 41.3 Å². The summed E-state index contributed by atoms with van der Waals surface area (Å²) in [6, 6.07) is 6.20. The number of aryl methyl sites for hydroxylation is 1. The van der Waals surface area contributed by atoms with E-state index in [2.05, 4.69) is 56.5 Å². The molecule has 4 heterocycles. The number of hydrogen-bond acceptors (Lipinski definition) is 6. The number of fused-ring (bicyclic) bond motifs is 1. The highest BCUT2D eigenvalue weighted by atomic mass is 32.1. The van der Waals surface area contributed by atoms with E-state index in [1.807, 2.05) is 26.4 Å². The van der Waals surface area contributed by atoms with Crippen molar-refractivity contribution in [2.24, 2.45) is 7.05 Å². The van der Waals surface area contributed by atoms with Gasteiger partial charge in [0.05, 0.1) is 28.7 Å². The topological polar surface area (TPSA) is 75.5 Å². The smallest absolute Gasteiger partial charge is 0.163 e. The molecule has 0 unspecified atom stereocenters. The molecule has 0 fully saturated rings. The zero-order chi connectivity index (χ0) is 18.3. The molecule has 0 saturated heterocycles. The summed E-state index contributed by atoms with van der Waals surface area (Å²) in [5.74, 6) is 1.96. The highest BCUT2D eigenvalue weighted by Gasteiger charge is 2.17. The summed E-state index contributed by atoms with van der Waals surface area (Å²) < 4.78 is 1.80. The normalized spacial score (nSPS) is 11.6. The Morgan fingerprint density at radius 2 is 2.15 bits per heavy atom. The van der Waals surface area contributed by atoms with E-state index in [-0.39, 0.29) is 5.92 Å². The third kappa shape index (κ3) is 2.96. The van der Waals surface area contributed by atoms with E-state index in [1.54, 1.807) is 16.0 Å². The Morgan fingerprint density at radius 3 is 2.88 bits per heavy atom. The van der Waals surface area contributed by atoms with Crippen LogP contribution < -0.4 is 4.90 Å². The van der Waals surface area contributed by atoms with Gasteiger partial charge in [-0.15, -0.1) is 11.3 Å². The van der Waals surface area contributed by atoms with Crippen molar-refractivity contribution in [3.63, 3.8) is 0 Å². The average molecular weight is 367 g/mol. The van der Waals surface area contributed by atoms with Crippen molar-refractivity contribution in [2.75, 3.05) is 11.9 Å². The molecule has 0 atom stereocenters. The van der Waals surface area contributed by atoms with Gasteiger partial charge in [0.2, 0.25) is 0 Å². The van der Waals surface area contributed by atoms with E-state index in [9.17, 15) is 0 Å². The van der Waals surface area contributed by atoms with Crippen LogP contribution in [0, 0.1) is 0 Å². The van der Waals surface area contributed by atoms with E-state index >= 15 is 0 Å². The van der Waals surface area contributed by atoms with Crippen LogP contribution in [0.1, 0.15) is 31.3 Å². The average Bonchev–Trinajstić information content (AvgIpc) is 3.35. The predicted octanol–water partition coefficient (Wildman–Crippen LogP) is 3.57. The molecule has 0 saturated carbocycles. The molecule has 0 aliphatic heterocycles. The monoisotopic (exact) mass is 367 g/mol. The molecule has 7 nitrogen and oxygen atoms in total. The Kier molecular flexibility index (Phi) is 4.20. The van der Waals surface area contributed by atoms with Crippen molar-refractivity contribution < 1.29 is 0 Å². The first-order valence-electron chi connectivity index (χ1n) is 8.52. The van der Waals surface area contributed by atoms with Crippen molar-refractivity contribution in [3.8, 4) is 10.6 Å². The first kappa shape index (κ1) is 16.7. The zero-order valence-corrected chi connectivity index (χ0v) is 16.1. The van der Waals surface area contributed by atoms with Crippen molar-refractivity contribution >= 4 is 28.2 Å². The number of aromatic nitrogens is 6. The lowest BCUT2D eigenvalue weighted by atomic mass is 10.2. The van der Waals surface area contributed by atoms with Gasteiger partial charge in [0.1, 0.15) is 17.3 Å². The molecule has 0 aliphatic rings. The van der Waals surface area contributed by atoms with Gasteiger partial charge in [-0.2, -0.15) is 10.2 Å². The number of anilines is 1. The molecule has 0 aliphatic carbocycles. The van der Waals surface area contributed by atoms with Gasteiger partial charge >= 0.3 is 0 Å². The fraction of sp³-hybridized carbons (Fsp3) is 0.333. The predicted molar refractivity (Wildman–Crippen MR) is 104 cm³/mol. The Labute approximate surface area is 155 Å². The summed E-state index contributed by atoms with van der Waals surface area (Å²) in [6.45, 7) is 4.88. The molecule has 134 valence electrons. The van der Waals surface area contributed by atoms with Gasteiger partial charge in [-0.25, -0.2) is 9.97 Å². The van der Waals surface area contributed by atoms with E-state index < -0.39 is 0 Å². The number of nitrogens with one attached hydrogen (secondary N) is 1. The second kappa shape index (κ2) is 6.53. The summed E-state index contributed by atoms with van der Waals surface area (Å²) in [6.07, 6.45) is 1.83. The Hall–Kier alpha value is -2.74. The maximum atomic E-state index is 4.80. The third-order valence-corrected chi connectivity index (χ3v) is 5.17. The number of hydrogen-bond donors (Lipinski definition) is 1. The van der Waals surface area contributed by atoms with E-state index in [0.717, 1.165) is 38.9 Å². The Balaban J connectivity index is 1.67. The van der Waals surface area contributed by atoms with Gasteiger partial charge in [0, 0.05) is 20.0 Å². The number of nitrogens with zero attached hydrogens (tertiary/aromatic N) is 6. The molecule has 0 spiro atoms. The molecule has 0 bridgehead atoms. The van der Waals surface area contributed by atoms with Crippen molar-refractivity contribution in [2.45, 2.75) is 26.3 Å². The van der Waals surface area contributed by atoms with Crippen molar-refractivity contribution in [1.29, 1.82) is 0 Å². The summed E-state index contributed by atoms with van der Waals surface area (Å²) in [7, 11) is 3.94. The van der Waals surface area contributed by atoms with E-state index in [1.165, 1.54) is 0 Å². The zero-order valence-electron chi connectivity index (χ0n) is 15.3. The maximum absolute atomic E-state index is 4.80. The fourth-order valence-corrected chi connectivity index (χ4v) is 3.58. The van der Waals surface area contributed by atoms with Gasteiger partial charge in [-0.05, 0) is 17.5 Å². The first-order valence-corrected chi connectivity index (χ1v) is 9.40. The number of thiophene rings is 1. The highest BCUT2D eigenvalue weighted by Crippen LogP contribution is 2.27. The summed E-state index contributed by atoms with van der Waals surface area (Å²) in [5.41, 5.74) is 2.87. The lowest BCUT2D eigenvalue weighted by molar-refractivity contribution is 0.745. The Bertz CT molecular complexity index is 1030. The van der Waals surface area contributed by atoms with Crippen LogP contribution in [0.25, 0.3) is 21.6 Å². The molecule has 4 rings (SSSR count). The minimum absolute atomic E-state index is 0.249. The van der Waals surface area contributed by atoms with Crippen LogP contribution in [0.5, 0.6) is 0 Å². The van der Waals surface area contributed by atoms with Crippen molar-refractivity contribution in [1.82, 2.24) is 29.9 Å². The molecular weight excluding hydrogens is 346 g/mol. The highest BCUT2D eigenvalue weighted by molar-refractivity contribution is 7.13. The lowest BCUT2D eigenvalue weighted by Crippen LogP contribution is -2.19. The lowest BCUT2D eigenvalue weighted by Gasteiger charge is -2.19. The van der Waals surface area contributed by atoms with Gasteiger partial charge in [0.25, 0.3) is 0 Å². The molecule has 4 aromatic rings. The van der Waals surface area contributed by atoms with Crippen LogP contribution >= 0.6 is 11.3 Å².